The molecule has 7 nitrogen and oxygen atoms in total. The second kappa shape index (κ2) is 11.1. The predicted molar refractivity (Wildman–Crippen MR) is 123 cm³/mol. The van der Waals surface area contributed by atoms with E-state index in [9.17, 15) is 30.0 Å². The summed E-state index contributed by atoms with van der Waals surface area (Å²) in [6.45, 7) is 0.728. The second-order valence-corrected chi connectivity index (χ2v) is 12.1. The van der Waals surface area contributed by atoms with Crippen molar-refractivity contribution in [3.8, 4) is 0 Å². The van der Waals surface area contributed by atoms with Gasteiger partial charge in [-0.1, -0.05) is 18.2 Å². The van der Waals surface area contributed by atoms with E-state index in [1.165, 1.54) is 11.8 Å². The van der Waals surface area contributed by atoms with Crippen LogP contribution in [0.25, 0.3) is 0 Å². The second-order valence-electron chi connectivity index (χ2n) is 7.56. The lowest BCUT2D eigenvalue weighted by molar-refractivity contribution is -0.0435. The van der Waals surface area contributed by atoms with E-state index in [1.54, 1.807) is 0 Å². The molecular formula is C20H26F3N3O4S3. The minimum atomic E-state index is -5.83. The molecule has 0 aliphatic heterocycles. The number of primary sulfonamides is 1. The minimum absolute atomic E-state index is 0.330. The molecule has 0 saturated carbocycles. The fraction of sp³-hybridized carbons (Fsp3) is 0.400. The van der Waals surface area contributed by atoms with E-state index in [-0.39, 0.29) is 5.69 Å². The van der Waals surface area contributed by atoms with Crippen LogP contribution < -0.4 is 10.5 Å². The van der Waals surface area contributed by atoms with E-state index in [4.69, 9.17) is 5.14 Å². The third kappa shape index (κ3) is 7.88. The zero-order valence-corrected chi connectivity index (χ0v) is 20.5. The first-order valence-electron chi connectivity index (χ1n) is 9.79. The number of sulfone groups is 1. The summed E-state index contributed by atoms with van der Waals surface area (Å²) in [4.78, 5) is 1.01. The number of hydrogen-bond donors (Lipinski definition) is 2. The average Bonchev–Trinajstić information content (AvgIpc) is 2.71. The molecule has 0 saturated heterocycles. The van der Waals surface area contributed by atoms with Crippen molar-refractivity contribution >= 4 is 37.3 Å². The average molecular weight is 526 g/mol. The Balaban J connectivity index is 2.41. The molecule has 1 atom stereocenters. The van der Waals surface area contributed by atoms with E-state index >= 15 is 0 Å². The van der Waals surface area contributed by atoms with Gasteiger partial charge in [0.1, 0.15) is 4.90 Å². The number of hydrogen-bond acceptors (Lipinski definition) is 7. The highest BCUT2D eigenvalue weighted by Gasteiger charge is 2.48. The highest BCUT2D eigenvalue weighted by Crippen LogP contribution is 2.36. The number of thioether (sulfide) groups is 1. The topological polar surface area (TPSA) is 110 Å². The van der Waals surface area contributed by atoms with Crippen LogP contribution in [0.1, 0.15) is 12.8 Å². The van der Waals surface area contributed by atoms with Crippen molar-refractivity contribution in [1.82, 2.24) is 4.90 Å². The monoisotopic (exact) mass is 525 g/mol. The Kier molecular flexibility index (Phi) is 9.22. The lowest BCUT2D eigenvalue weighted by Crippen LogP contribution is -2.28. The van der Waals surface area contributed by atoms with Crippen molar-refractivity contribution in [2.45, 2.75) is 39.1 Å². The lowest BCUT2D eigenvalue weighted by atomic mass is 10.1. The molecule has 3 N–H and O–H groups in total. The number of anilines is 1. The molecule has 0 aliphatic rings. The number of benzene rings is 2. The highest BCUT2D eigenvalue weighted by atomic mass is 32.2. The Morgan fingerprint density at radius 1 is 1.06 bits per heavy atom. The van der Waals surface area contributed by atoms with E-state index in [1.807, 2.05) is 49.3 Å². The molecule has 0 fully saturated rings. The van der Waals surface area contributed by atoms with Crippen LogP contribution in [-0.4, -0.2) is 59.7 Å². The van der Waals surface area contributed by atoms with Gasteiger partial charge in [0.15, 0.2) is 0 Å². The van der Waals surface area contributed by atoms with Crippen LogP contribution in [0.2, 0.25) is 0 Å². The number of nitrogens with two attached hydrogens (primary N) is 1. The van der Waals surface area contributed by atoms with Crippen molar-refractivity contribution in [1.29, 1.82) is 0 Å². The van der Waals surface area contributed by atoms with Gasteiger partial charge >= 0.3 is 5.51 Å². The quantitative estimate of drug-likeness (QED) is 0.432. The van der Waals surface area contributed by atoms with Gasteiger partial charge in [0.2, 0.25) is 10.0 Å². The van der Waals surface area contributed by atoms with E-state index in [2.05, 4.69) is 5.32 Å². The fourth-order valence-electron chi connectivity index (χ4n) is 2.93. The molecule has 13 heteroatoms. The molecule has 2 aromatic carbocycles. The van der Waals surface area contributed by atoms with Gasteiger partial charge in [-0.05, 0) is 63.8 Å². The first-order chi connectivity index (χ1) is 15.2. The molecule has 2 rings (SSSR count). The Morgan fingerprint density at radius 3 is 2.24 bits per heavy atom. The molecular weight excluding hydrogens is 499 g/mol. The number of nitrogens with one attached hydrogen (secondary N) is 1. The normalized spacial score (nSPS) is 13.8. The van der Waals surface area contributed by atoms with Crippen LogP contribution in [0.3, 0.4) is 0 Å². The lowest BCUT2D eigenvalue weighted by Gasteiger charge is -2.23. The van der Waals surface area contributed by atoms with E-state index in [0.29, 0.717) is 24.7 Å². The Hall–Kier alpha value is -1.80. The number of sulfonamides is 1. The summed E-state index contributed by atoms with van der Waals surface area (Å²) < 4.78 is 87.6. The van der Waals surface area contributed by atoms with Crippen LogP contribution in [0.4, 0.5) is 18.9 Å². The Morgan fingerprint density at radius 2 is 1.70 bits per heavy atom. The van der Waals surface area contributed by atoms with Crippen molar-refractivity contribution < 1.29 is 30.0 Å². The smallest absolute Gasteiger partial charge is 0.380 e. The molecule has 0 radical (unpaired) electrons. The van der Waals surface area contributed by atoms with Crippen LogP contribution >= 0.6 is 11.8 Å². The van der Waals surface area contributed by atoms with Gasteiger partial charge < -0.3 is 10.2 Å². The van der Waals surface area contributed by atoms with Crippen LogP contribution in [0, 0.1) is 0 Å². The first-order valence-corrected chi connectivity index (χ1v) is 13.8. The molecule has 0 amide bonds. The van der Waals surface area contributed by atoms with Crippen molar-refractivity contribution in [3.63, 3.8) is 0 Å². The molecule has 0 bridgehead atoms. The number of nitrogens with zero attached hydrogens (tertiary/aromatic N) is 1. The summed E-state index contributed by atoms with van der Waals surface area (Å²) in [5.74, 6) is 0.444. The van der Waals surface area contributed by atoms with E-state index in [0.717, 1.165) is 23.6 Å². The molecule has 184 valence electrons. The van der Waals surface area contributed by atoms with Gasteiger partial charge in [-0.3, -0.25) is 0 Å². The van der Waals surface area contributed by atoms with Crippen molar-refractivity contribution in [2.75, 3.05) is 31.7 Å². The molecule has 2 aromatic rings. The van der Waals surface area contributed by atoms with Crippen LogP contribution in [0.15, 0.2) is 63.2 Å². The molecule has 0 aliphatic carbocycles. The van der Waals surface area contributed by atoms with Gasteiger partial charge in [-0.25, -0.2) is 22.0 Å². The summed E-state index contributed by atoms with van der Waals surface area (Å²) in [6.07, 6.45) is 1.25. The number of alkyl halides is 3. The Bertz CT molecular complexity index is 1140. The van der Waals surface area contributed by atoms with Crippen LogP contribution in [0.5, 0.6) is 0 Å². The van der Waals surface area contributed by atoms with Crippen molar-refractivity contribution in [2.24, 2.45) is 5.14 Å². The summed E-state index contributed by atoms with van der Waals surface area (Å²) in [5, 5.41) is 7.90. The van der Waals surface area contributed by atoms with Gasteiger partial charge in [-0.2, -0.15) is 13.2 Å². The maximum Gasteiger partial charge on any atom is 0.501 e. The zero-order valence-electron chi connectivity index (χ0n) is 18.0. The maximum absolute atomic E-state index is 13.3. The number of rotatable bonds is 11. The third-order valence-electron chi connectivity index (χ3n) is 4.59. The Labute approximate surface area is 196 Å². The van der Waals surface area contributed by atoms with Gasteiger partial charge in [-0.15, -0.1) is 11.8 Å². The predicted octanol–water partition coefficient (Wildman–Crippen LogP) is 3.54. The number of halogens is 3. The summed E-state index contributed by atoms with van der Waals surface area (Å²) in [7, 11) is -6.47. The molecule has 33 heavy (non-hydrogen) atoms. The first kappa shape index (κ1) is 27.4. The zero-order chi connectivity index (χ0) is 24.9. The fourth-order valence-corrected chi connectivity index (χ4v) is 5.49. The SMILES string of the molecule is CN(C)CCC[C@H](CSc1ccccc1)Nc1ccc(S(N)(=O)=O)cc1S(=O)(=O)C(F)(F)F. The summed E-state index contributed by atoms with van der Waals surface area (Å²) in [6, 6.07) is 11.4. The largest absolute Gasteiger partial charge is 0.501 e. The molecule has 0 aromatic heterocycles. The molecule has 0 unspecified atom stereocenters. The summed E-state index contributed by atoms with van der Waals surface area (Å²) in [5.41, 5.74) is -5.94. The van der Waals surface area contributed by atoms with Crippen LogP contribution in [-0.2, 0) is 19.9 Å². The van der Waals surface area contributed by atoms with Gasteiger partial charge in [0, 0.05) is 16.7 Å². The highest BCUT2D eigenvalue weighted by molar-refractivity contribution is 7.99. The molecule has 0 spiro atoms. The standard InChI is InChI=1S/C20H26F3N3O4S3/c1-26(2)12-6-7-15(14-31-16-8-4-3-5-9-16)25-18-11-10-17(33(24,29)30)13-19(18)32(27,28)20(21,22)23/h3-5,8-11,13,15,25H,6-7,12,14H2,1-2H3,(H2,24,29,30)/t15-/m1/s1. The van der Waals surface area contributed by atoms with Crippen molar-refractivity contribution in [3.05, 3.63) is 48.5 Å². The third-order valence-corrected chi connectivity index (χ3v) is 8.20. The maximum atomic E-state index is 13.3. The summed E-state index contributed by atoms with van der Waals surface area (Å²) >= 11 is 1.47. The van der Waals surface area contributed by atoms with Gasteiger partial charge in [0.05, 0.1) is 10.6 Å². The minimum Gasteiger partial charge on any atom is -0.380 e. The molecule has 0 heterocycles. The van der Waals surface area contributed by atoms with Gasteiger partial charge in [0.25, 0.3) is 9.84 Å². The van der Waals surface area contributed by atoms with E-state index < -0.39 is 41.2 Å².